The highest BCUT2D eigenvalue weighted by Crippen LogP contribution is 2.22. The average molecular weight is 335 g/mol. The summed E-state index contributed by atoms with van der Waals surface area (Å²) in [5.41, 5.74) is 0. The summed E-state index contributed by atoms with van der Waals surface area (Å²) in [4.78, 5) is 1.45. The van der Waals surface area contributed by atoms with Crippen molar-refractivity contribution < 1.29 is 8.42 Å². The van der Waals surface area contributed by atoms with Gasteiger partial charge in [0.1, 0.15) is 0 Å². The molecule has 1 aromatic rings. The molecule has 114 valence electrons. The fraction of sp³-hybridized carbons (Fsp3) is 0.692. The SMILES string of the molecule is CC(C)NCc1cc(S(=O)(=O)NC2CCCSC2)cs1. The van der Waals surface area contributed by atoms with E-state index >= 15 is 0 Å². The van der Waals surface area contributed by atoms with Crippen molar-refractivity contribution in [2.75, 3.05) is 11.5 Å². The van der Waals surface area contributed by atoms with Crippen LogP contribution in [-0.2, 0) is 16.6 Å². The summed E-state index contributed by atoms with van der Waals surface area (Å²) in [5.74, 6) is 2.02. The monoisotopic (exact) mass is 334 g/mol. The van der Waals surface area contributed by atoms with Crippen LogP contribution in [0.3, 0.4) is 0 Å². The van der Waals surface area contributed by atoms with Crippen molar-refractivity contribution in [2.45, 2.75) is 50.2 Å². The summed E-state index contributed by atoms with van der Waals surface area (Å²) in [7, 11) is -3.36. The maximum atomic E-state index is 12.3. The van der Waals surface area contributed by atoms with Gasteiger partial charge in [0.2, 0.25) is 10.0 Å². The summed E-state index contributed by atoms with van der Waals surface area (Å²) in [6.07, 6.45) is 2.03. The third-order valence-corrected chi connectivity index (χ3v) is 6.91. The van der Waals surface area contributed by atoms with E-state index in [4.69, 9.17) is 0 Å². The van der Waals surface area contributed by atoms with Gasteiger partial charge in [-0.25, -0.2) is 13.1 Å². The molecule has 1 aliphatic heterocycles. The molecule has 1 aliphatic rings. The van der Waals surface area contributed by atoms with Gasteiger partial charge in [-0.2, -0.15) is 11.8 Å². The first kappa shape index (κ1) is 16.3. The highest BCUT2D eigenvalue weighted by atomic mass is 32.2. The van der Waals surface area contributed by atoms with Crippen molar-refractivity contribution in [1.82, 2.24) is 10.0 Å². The smallest absolute Gasteiger partial charge is 0.241 e. The molecule has 0 spiro atoms. The van der Waals surface area contributed by atoms with Crippen LogP contribution >= 0.6 is 23.1 Å². The van der Waals surface area contributed by atoms with Crippen LogP contribution in [0.1, 0.15) is 31.6 Å². The lowest BCUT2D eigenvalue weighted by molar-refractivity contribution is 0.543. The lowest BCUT2D eigenvalue weighted by atomic mass is 10.2. The molecule has 1 saturated heterocycles. The van der Waals surface area contributed by atoms with Gasteiger partial charge >= 0.3 is 0 Å². The van der Waals surface area contributed by atoms with Crippen LogP contribution in [0.2, 0.25) is 0 Å². The van der Waals surface area contributed by atoms with E-state index in [0.29, 0.717) is 10.9 Å². The van der Waals surface area contributed by atoms with Crippen molar-refractivity contribution in [3.63, 3.8) is 0 Å². The van der Waals surface area contributed by atoms with E-state index in [0.717, 1.165) is 35.8 Å². The number of thiophene rings is 1. The lowest BCUT2D eigenvalue weighted by Gasteiger charge is -2.21. The molecular formula is C13H22N2O2S3. The molecule has 0 saturated carbocycles. The van der Waals surface area contributed by atoms with Crippen LogP contribution in [0.25, 0.3) is 0 Å². The first-order chi connectivity index (χ1) is 9.47. The van der Waals surface area contributed by atoms with Crippen LogP contribution in [0.4, 0.5) is 0 Å². The Bertz CT molecular complexity index is 519. The Labute approximate surface area is 129 Å². The predicted molar refractivity (Wildman–Crippen MR) is 87.0 cm³/mol. The van der Waals surface area contributed by atoms with Crippen LogP contribution in [0, 0.1) is 0 Å². The highest BCUT2D eigenvalue weighted by Gasteiger charge is 2.23. The summed E-state index contributed by atoms with van der Waals surface area (Å²) < 4.78 is 27.5. The van der Waals surface area contributed by atoms with Gasteiger partial charge in [0, 0.05) is 34.6 Å². The van der Waals surface area contributed by atoms with Crippen molar-refractivity contribution in [3.05, 3.63) is 16.3 Å². The van der Waals surface area contributed by atoms with Crippen molar-refractivity contribution in [3.8, 4) is 0 Å². The number of hydrogen-bond acceptors (Lipinski definition) is 5. The highest BCUT2D eigenvalue weighted by molar-refractivity contribution is 7.99. The van der Waals surface area contributed by atoms with Gasteiger partial charge in [0.25, 0.3) is 0 Å². The van der Waals surface area contributed by atoms with E-state index in [9.17, 15) is 8.42 Å². The Kier molecular flexibility index (Phi) is 5.92. The lowest BCUT2D eigenvalue weighted by Crippen LogP contribution is -2.38. The normalized spacial score (nSPS) is 20.4. The van der Waals surface area contributed by atoms with E-state index in [1.807, 2.05) is 11.8 Å². The van der Waals surface area contributed by atoms with Crippen molar-refractivity contribution in [1.29, 1.82) is 0 Å². The van der Waals surface area contributed by atoms with Gasteiger partial charge < -0.3 is 5.32 Å². The standard InChI is InChI=1S/C13H22N2O2S3/c1-10(2)14-7-12-6-13(9-19-12)20(16,17)15-11-4-3-5-18-8-11/h6,9-11,14-15H,3-5,7-8H2,1-2H3. The van der Waals surface area contributed by atoms with Crippen LogP contribution in [0.15, 0.2) is 16.3 Å². The minimum absolute atomic E-state index is 0.0795. The molecule has 4 nitrogen and oxygen atoms in total. The quantitative estimate of drug-likeness (QED) is 0.839. The van der Waals surface area contributed by atoms with Gasteiger partial charge in [-0.05, 0) is 24.7 Å². The molecule has 2 N–H and O–H groups in total. The molecule has 0 radical (unpaired) electrons. The second kappa shape index (κ2) is 7.26. The Morgan fingerprint density at radius 3 is 2.90 bits per heavy atom. The second-order valence-electron chi connectivity index (χ2n) is 5.32. The maximum Gasteiger partial charge on any atom is 0.241 e. The molecule has 20 heavy (non-hydrogen) atoms. The van der Waals surface area contributed by atoms with Crippen LogP contribution in [-0.4, -0.2) is 32.0 Å². The van der Waals surface area contributed by atoms with Crippen LogP contribution < -0.4 is 10.0 Å². The number of hydrogen-bond donors (Lipinski definition) is 2. The Balaban J connectivity index is 1.98. The van der Waals surface area contributed by atoms with E-state index < -0.39 is 10.0 Å². The summed E-state index contributed by atoms with van der Waals surface area (Å²) in [5, 5.41) is 5.03. The molecule has 0 bridgehead atoms. The third kappa shape index (κ3) is 4.73. The predicted octanol–water partition coefficient (Wildman–Crippen LogP) is 2.42. The first-order valence-corrected chi connectivity index (χ1v) is 10.4. The van der Waals surface area contributed by atoms with Gasteiger partial charge in [-0.1, -0.05) is 13.8 Å². The average Bonchev–Trinajstić information content (AvgIpc) is 2.86. The second-order valence-corrected chi connectivity index (χ2v) is 9.18. The van der Waals surface area contributed by atoms with Gasteiger partial charge in [-0.3, -0.25) is 0 Å². The molecule has 0 aromatic carbocycles. The molecule has 2 rings (SSSR count). The number of thioether (sulfide) groups is 1. The molecule has 1 atom stereocenters. The maximum absolute atomic E-state index is 12.3. The number of sulfonamides is 1. The molecule has 1 unspecified atom stereocenters. The molecule has 2 heterocycles. The Morgan fingerprint density at radius 2 is 2.25 bits per heavy atom. The summed E-state index contributed by atoms with van der Waals surface area (Å²) in [6.45, 7) is 4.87. The van der Waals surface area contributed by atoms with Crippen molar-refractivity contribution in [2.24, 2.45) is 0 Å². The van der Waals surface area contributed by atoms with Gasteiger partial charge in [0.15, 0.2) is 0 Å². The molecule has 0 aliphatic carbocycles. The van der Waals surface area contributed by atoms with E-state index in [1.165, 1.54) is 11.3 Å². The minimum Gasteiger partial charge on any atom is -0.310 e. The largest absolute Gasteiger partial charge is 0.310 e. The molecule has 0 amide bonds. The van der Waals surface area contributed by atoms with Crippen LogP contribution in [0.5, 0.6) is 0 Å². The molecular weight excluding hydrogens is 312 g/mol. The van der Waals surface area contributed by atoms with E-state index in [1.54, 1.807) is 11.4 Å². The summed E-state index contributed by atoms with van der Waals surface area (Å²) in [6, 6.07) is 2.25. The zero-order valence-corrected chi connectivity index (χ0v) is 14.3. The first-order valence-electron chi connectivity index (χ1n) is 6.88. The molecule has 1 fully saturated rings. The fourth-order valence-electron chi connectivity index (χ4n) is 2.02. The number of nitrogens with one attached hydrogen (secondary N) is 2. The third-order valence-electron chi connectivity index (χ3n) is 3.11. The van der Waals surface area contributed by atoms with Gasteiger partial charge in [0.05, 0.1) is 4.90 Å². The number of rotatable bonds is 6. The summed E-state index contributed by atoms with van der Waals surface area (Å²) >= 11 is 3.31. The van der Waals surface area contributed by atoms with E-state index in [-0.39, 0.29) is 6.04 Å². The van der Waals surface area contributed by atoms with Gasteiger partial charge in [-0.15, -0.1) is 11.3 Å². The Morgan fingerprint density at radius 1 is 1.45 bits per heavy atom. The molecule has 1 aromatic heterocycles. The topological polar surface area (TPSA) is 58.2 Å². The van der Waals surface area contributed by atoms with E-state index in [2.05, 4.69) is 23.9 Å². The molecule has 7 heteroatoms. The zero-order chi connectivity index (χ0) is 14.6. The fourth-order valence-corrected chi connectivity index (χ4v) is 5.69. The Hall–Kier alpha value is -0.0800. The zero-order valence-electron chi connectivity index (χ0n) is 11.9. The minimum atomic E-state index is -3.36. The van der Waals surface area contributed by atoms with Crippen molar-refractivity contribution >= 4 is 33.1 Å².